The van der Waals surface area contributed by atoms with Crippen LogP contribution >= 0.6 is 0 Å². The number of hydrogen-bond acceptors (Lipinski definition) is 13. The Labute approximate surface area is 272 Å². The van der Waals surface area contributed by atoms with Gasteiger partial charge in [-0.3, -0.25) is 4.79 Å². The molecule has 0 fully saturated rings. The second-order valence-electron chi connectivity index (χ2n) is 10.1. The topological polar surface area (TPSA) is 151 Å². The molecule has 0 aliphatic heterocycles. The molecule has 0 aliphatic rings. The molecular weight excluding hydrogens is 616 g/mol. The van der Waals surface area contributed by atoms with E-state index in [1.807, 2.05) is 0 Å². The summed E-state index contributed by atoms with van der Waals surface area (Å²) >= 11 is 0. The molecule has 0 aliphatic carbocycles. The number of ether oxygens (including phenoxy) is 9. The van der Waals surface area contributed by atoms with Crippen molar-refractivity contribution in [2.75, 3.05) is 40.5 Å². The summed E-state index contributed by atoms with van der Waals surface area (Å²) in [4.78, 5) is 47.0. The summed E-state index contributed by atoms with van der Waals surface area (Å²) in [6.07, 6.45) is -1.41. The van der Waals surface area contributed by atoms with Gasteiger partial charge >= 0.3 is 17.9 Å². The van der Waals surface area contributed by atoms with Crippen molar-refractivity contribution in [3.63, 3.8) is 0 Å². The van der Waals surface area contributed by atoms with Crippen molar-refractivity contribution in [3.05, 3.63) is 89.5 Å². The van der Waals surface area contributed by atoms with Crippen LogP contribution in [0.3, 0.4) is 0 Å². The Balaban J connectivity index is 1.28. The maximum atomic E-state index is 12.4. The number of benzene rings is 3. The molecule has 0 saturated carbocycles. The summed E-state index contributed by atoms with van der Waals surface area (Å²) in [5.74, 6) is 0.00387. The van der Waals surface area contributed by atoms with E-state index < -0.39 is 36.2 Å². The van der Waals surface area contributed by atoms with Crippen LogP contribution in [0.25, 0.3) is 0 Å². The van der Waals surface area contributed by atoms with Crippen LogP contribution in [0.4, 0.5) is 0 Å². The summed E-state index contributed by atoms with van der Waals surface area (Å²) < 4.78 is 47.6. The fraction of sp³-hybridized carbons (Fsp3) is 0.353. The van der Waals surface area contributed by atoms with Crippen molar-refractivity contribution in [1.29, 1.82) is 0 Å². The zero-order chi connectivity index (χ0) is 34.0. The molecule has 3 aromatic rings. The van der Waals surface area contributed by atoms with Gasteiger partial charge in [-0.25, -0.2) is 14.4 Å². The number of hydrogen-bond donors (Lipinski definition) is 0. The number of methoxy groups -OCH3 is 1. The van der Waals surface area contributed by atoms with Crippen molar-refractivity contribution < 1.29 is 61.8 Å². The molecule has 0 bridgehead atoms. The molecule has 3 aromatic carbocycles. The largest absolute Gasteiger partial charge is 0.497 e. The van der Waals surface area contributed by atoms with Gasteiger partial charge in [0.2, 0.25) is 0 Å². The van der Waals surface area contributed by atoms with E-state index in [9.17, 15) is 19.2 Å². The van der Waals surface area contributed by atoms with Gasteiger partial charge in [0.25, 0.3) is 6.47 Å². The summed E-state index contributed by atoms with van der Waals surface area (Å²) in [7, 11) is 1.55. The van der Waals surface area contributed by atoms with Crippen LogP contribution in [0.5, 0.6) is 17.2 Å². The lowest BCUT2D eigenvalue weighted by molar-refractivity contribution is -0.134. The Bertz CT molecular complexity index is 1410. The highest BCUT2D eigenvalue weighted by Crippen LogP contribution is 2.16. The van der Waals surface area contributed by atoms with Crippen LogP contribution in [-0.4, -0.2) is 83.2 Å². The van der Waals surface area contributed by atoms with Crippen LogP contribution in [0, 0.1) is 0 Å². The molecule has 13 nitrogen and oxygen atoms in total. The molecule has 0 spiro atoms. The van der Waals surface area contributed by atoms with Crippen molar-refractivity contribution >= 4 is 24.4 Å². The molecule has 0 saturated heterocycles. The lowest BCUT2D eigenvalue weighted by Gasteiger charge is -2.15. The third-order valence-electron chi connectivity index (χ3n) is 6.30. The van der Waals surface area contributed by atoms with Crippen molar-refractivity contribution in [1.82, 2.24) is 0 Å². The SMILES string of the molecule is COc1ccc(C(=O)OCC(C)OCOc2ccc(C(=O)OCC(C)OCOc3ccc(C(=O)OCC(C)OC=O)cc3)cc2)cc1. The van der Waals surface area contributed by atoms with Gasteiger partial charge in [-0.15, -0.1) is 0 Å². The van der Waals surface area contributed by atoms with Crippen molar-refractivity contribution in [2.45, 2.75) is 39.1 Å². The molecule has 13 heteroatoms. The average molecular weight is 655 g/mol. The van der Waals surface area contributed by atoms with Crippen molar-refractivity contribution in [3.8, 4) is 17.2 Å². The van der Waals surface area contributed by atoms with Gasteiger partial charge < -0.3 is 42.6 Å². The maximum Gasteiger partial charge on any atom is 0.338 e. The predicted octanol–water partition coefficient (Wildman–Crippen LogP) is 4.61. The second kappa shape index (κ2) is 19.4. The van der Waals surface area contributed by atoms with Crippen molar-refractivity contribution in [2.24, 2.45) is 0 Å². The van der Waals surface area contributed by atoms with Crippen LogP contribution < -0.4 is 14.2 Å². The minimum Gasteiger partial charge on any atom is -0.497 e. The average Bonchev–Trinajstić information content (AvgIpc) is 3.09. The first-order valence-corrected chi connectivity index (χ1v) is 14.6. The van der Waals surface area contributed by atoms with Gasteiger partial charge in [-0.1, -0.05) is 0 Å². The van der Waals surface area contributed by atoms with E-state index in [0.717, 1.165) is 0 Å². The van der Waals surface area contributed by atoms with Gasteiger partial charge in [-0.05, 0) is 93.6 Å². The van der Waals surface area contributed by atoms with E-state index in [-0.39, 0.29) is 33.4 Å². The van der Waals surface area contributed by atoms with Gasteiger partial charge in [0.15, 0.2) is 13.6 Å². The zero-order valence-electron chi connectivity index (χ0n) is 26.6. The van der Waals surface area contributed by atoms with Gasteiger partial charge in [0.05, 0.1) is 36.0 Å². The fourth-order valence-electron chi connectivity index (χ4n) is 3.60. The second-order valence-corrected chi connectivity index (χ2v) is 10.1. The molecule has 0 amide bonds. The van der Waals surface area contributed by atoms with Crippen LogP contribution in [0.15, 0.2) is 72.8 Å². The Kier molecular flexibility index (Phi) is 15.0. The van der Waals surface area contributed by atoms with E-state index >= 15 is 0 Å². The molecule has 0 N–H and O–H groups in total. The van der Waals surface area contributed by atoms with E-state index in [1.54, 1.807) is 88.5 Å². The molecule has 3 atom stereocenters. The summed E-state index contributed by atoms with van der Waals surface area (Å²) in [6.45, 7) is 5.15. The number of carbonyl (C=O) groups is 4. The number of rotatable bonds is 20. The highest BCUT2D eigenvalue weighted by molar-refractivity contribution is 5.90. The smallest absolute Gasteiger partial charge is 0.338 e. The Morgan fingerprint density at radius 1 is 0.553 bits per heavy atom. The van der Waals surface area contributed by atoms with Gasteiger partial charge in [0.1, 0.15) is 43.2 Å². The first-order valence-electron chi connectivity index (χ1n) is 14.6. The fourth-order valence-corrected chi connectivity index (χ4v) is 3.60. The normalized spacial score (nSPS) is 12.5. The van der Waals surface area contributed by atoms with E-state index in [1.165, 1.54) is 12.1 Å². The number of esters is 3. The van der Waals surface area contributed by atoms with E-state index in [4.69, 9.17) is 37.9 Å². The van der Waals surface area contributed by atoms with E-state index in [2.05, 4.69) is 4.74 Å². The van der Waals surface area contributed by atoms with E-state index in [0.29, 0.717) is 40.4 Å². The minimum atomic E-state index is -0.561. The van der Waals surface area contributed by atoms with Gasteiger partial charge in [0, 0.05) is 0 Å². The van der Waals surface area contributed by atoms with Crippen LogP contribution in [0.2, 0.25) is 0 Å². The third-order valence-corrected chi connectivity index (χ3v) is 6.30. The summed E-state index contributed by atoms with van der Waals surface area (Å²) in [5, 5.41) is 0. The maximum absolute atomic E-state index is 12.4. The lowest BCUT2D eigenvalue weighted by Crippen LogP contribution is -2.21. The monoisotopic (exact) mass is 654 g/mol. The summed E-state index contributed by atoms with van der Waals surface area (Å²) in [5.41, 5.74) is 1.03. The van der Waals surface area contributed by atoms with Crippen LogP contribution in [-0.2, 0) is 33.2 Å². The molecule has 3 rings (SSSR count). The minimum absolute atomic E-state index is 0.00771. The molecule has 0 radical (unpaired) electrons. The molecular formula is C34H38O13. The lowest BCUT2D eigenvalue weighted by atomic mass is 10.2. The Hall–Kier alpha value is -5.14. The molecule has 3 unspecified atom stereocenters. The zero-order valence-corrected chi connectivity index (χ0v) is 26.6. The predicted molar refractivity (Wildman–Crippen MR) is 165 cm³/mol. The van der Waals surface area contributed by atoms with Gasteiger partial charge in [-0.2, -0.15) is 0 Å². The van der Waals surface area contributed by atoms with Crippen LogP contribution in [0.1, 0.15) is 51.8 Å². The third kappa shape index (κ3) is 13.0. The first kappa shape index (κ1) is 36.3. The Morgan fingerprint density at radius 3 is 1.23 bits per heavy atom. The highest BCUT2D eigenvalue weighted by Gasteiger charge is 2.14. The molecule has 0 heterocycles. The first-order chi connectivity index (χ1) is 22.7. The quantitative estimate of drug-likeness (QED) is 0.0722. The summed E-state index contributed by atoms with van der Waals surface area (Å²) in [6, 6.07) is 19.1. The Morgan fingerprint density at radius 2 is 0.894 bits per heavy atom. The standard InChI is InChI=1S/C34H38O13/c1-23(43-20-35)17-40-33(37)27-7-13-30(14-8-27)46-22-45-25(3)19-42-34(38)28-9-15-31(16-10-28)47-21-44-24(2)18-41-32(36)26-5-11-29(39-4)12-6-26/h5-16,20,23-25H,17-19,21-22H2,1-4H3. The molecule has 252 valence electrons. The number of carbonyl (C=O) groups excluding carboxylic acids is 4. The highest BCUT2D eigenvalue weighted by atomic mass is 16.7. The molecule has 0 aromatic heterocycles. The molecule has 47 heavy (non-hydrogen) atoms.